The van der Waals surface area contributed by atoms with Crippen molar-refractivity contribution in [3.8, 4) is 0 Å². The zero-order chi connectivity index (χ0) is 13.4. The molecule has 0 saturated heterocycles. The third-order valence-corrected chi connectivity index (χ3v) is 2.25. The minimum Gasteiger partial charge on any atom is -0.461 e. The van der Waals surface area contributed by atoms with Crippen LogP contribution in [0, 0.1) is 6.92 Å². The Morgan fingerprint density at radius 3 is 2.56 bits per heavy atom. The van der Waals surface area contributed by atoms with Crippen molar-refractivity contribution >= 4 is 17.6 Å². The molecule has 0 atom stereocenters. The standard InChI is InChI=1S/C14H17NO3/c1-3-10-18-14(17)9-8-13(16)15-12-6-4-11(2)5-7-12/h3-7H,1,8-10H2,2H3,(H,15,16). The van der Waals surface area contributed by atoms with Crippen molar-refractivity contribution in [2.75, 3.05) is 11.9 Å². The predicted octanol–water partition coefficient (Wildman–Crippen LogP) is 2.44. The summed E-state index contributed by atoms with van der Waals surface area (Å²) >= 11 is 0. The van der Waals surface area contributed by atoms with E-state index in [-0.39, 0.29) is 25.4 Å². The van der Waals surface area contributed by atoms with E-state index in [0.717, 1.165) is 11.3 Å². The molecule has 0 aliphatic heterocycles. The first-order chi connectivity index (χ1) is 8.61. The van der Waals surface area contributed by atoms with E-state index in [1.54, 1.807) is 0 Å². The molecule has 0 saturated carbocycles. The zero-order valence-electron chi connectivity index (χ0n) is 10.4. The van der Waals surface area contributed by atoms with Gasteiger partial charge in [-0.3, -0.25) is 9.59 Å². The van der Waals surface area contributed by atoms with Gasteiger partial charge in [-0.15, -0.1) is 0 Å². The fourth-order valence-electron chi connectivity index (χ4n) is 1.30. The molecule has 0 aromatic heterocycles. The van der Waals surface area contributed by atoms with Crippen LogP contribution in [0.5, 0.6) is 0 Å². The number of carbonyl (C=O) groups excluding carboxylic acids is 2. The molecule has 1 N–H and O–H groups in total. The van der Waals surface area contributed by atoms with Crippen LogP contribution < -0.4 is 5.32 Å². The highest BCUT2D eigenvalue weighted by molar-refractivity contribution is 5.92. The number of hydrogen-bond acceptors (Lipinski definition) is 3. The Morgan fingerprint density at radius 2 is 1.94 bits per heavy atom. The Labute approximate surface area is 107 Å². The highest BCUT2D eigenvalue weighted by Gasteiger charge is 2.07. The van der Waals surface area contributed by atoms with Gasteiger partial charge in [0.2, 0.25) is 5.91 Å². The predicted molar refractivity (Wildman–Crippen MR) is 70.2 cm³/mol. The summed E-state index contributed by atoms with van der Waals surface area (Å²) < 4.78 is 4.77. The van der Waals surface area contributed by atoms with Crippen molar-refractivity contribution in [2.24, 2.45) is 0 Å². The number of carbonyl (C=O) groups is 2. The Balaban J connectivity index is 2.31. The second-order valence-electron chi connectivity index (χ2n) is 3.89. The van der Waals surface area contributed by atoms with Crippen LogP contribution >= 0.6 is 0 Å². The van der Waals surface area contributed by atoms with Crippen molar-refractivity contribution in [3.05, 3.63) is 42.5 Å². The minimum absolute atomic E-state index is 0.0749. The maximum Gasteiger partial charge on any atom is 0.306 e. The molecule has 4 heteroatoms. The average molecular weight is 247 g/mol. The number of aryl methyl sites for hydroxylation is 1. The lowest BCUT2D eigenvalue weighted by molar-refractivity contribution is -0.143. The van der Waals surface area contributed by atoms with Gasteiger partial charge < -0.3 is 10.1 Å². The van der Waals surface area contributed by atoms with Crippen molar-refractivity contribution in [1.82, 2.24) is 0 Å². The SMILES string of the molecule is C=CCOC(=O)CCC(=O)Nc1ccc(C)cc1. The second kappa shape index (κ2) is 7.27. The summed E-state index contributed by atoms with van der Waals surface area (Å²) in [6, 6.07) is 7.47. The van der Waals surface area contributed by atoms with Crippen LogP contribution in [-0.4, -0.2) is 18.5 Å². The third-order valence-electron chi connectivity index (χ3n) is 2.25. The highest BCUT2D eigenvalue weighted by atomic mass is 16.5. The van der Waals surface area contributed by atoms with E-state index in [1.165, 1.54) is 6.08 Å². The molecule has 0 fully saturated rings. The van der Waals surface area contributed by atoms with E-state index in [2.05, 4.69) is 11.9 Å². The summed E-state index contributed by atoms with van der Waals surface area (Å²) in [5.41, 5.74) is 1.85. The number of hydrogen-bond donors (Lipinski definition) is 1. The van der Waals surface area contributed by atoms with Crippen LogP contribution in [0.2, 0.25) is 0 Å². The summed E-state index contributed by atoms with van der Waals surface area (Å²) in [6.45, 7) is 5.59. The van der Waals surface area contributed by atoms with E-state index in [1.807, 2.05) is 31.2 Å². The molecule has 0 unspecified atom stereocenters. The molecule has 1 amide bonds. The van der Waals surface area contributed by atoms with Gasteiger partial charge in [-0.1, -0.05) is 30.4 Å². The lowest BCUT2D eigenvalue weighted by Gasteiger charge is -2.05. The van der Waals surface area contributed by atoms with E-state index in [0.29, 0.717) is 0 Å². The van der Waals surface area contributed by atoms with E-state index < -0.39 is 5.97 Å². The number of nitrogens with one attached hydrogen (secondary N) is 1. The molecule has 0 aliphatic carbocycles. The number of benzene rings is 1. The lowest BCUT2D eigenvalue weighted by atomic mass is 10.2. The molecule has 1 aromatic rings. The molecule has 0 spiro atoms. The first kappa shape index (κ1) is 14.0. The van der Waals surface area contributed by atoms with Crippen LogP contribution in [0.25, 0.3) is 0 Å². The first-order valence-corrected chi connectivity index (χ1v) is 5.75. The van der Waals surface area contributed by atoms with Gasteiger partial charge in [-0.25, -0.2) is 0 Å². The van der Waals surface area contributed by atoms with Gasteiger partial charge in [0.05, 0.1) is 6.42 Å². The van der Waals surface area contributed by atoms with Crippen molar-refractivity contribution in [2.45, 2.75) is 19.8 Å². The maximum atomic E-state index is 11.5. The highest BCUT2D eigenvalue weighted by Crippen LogP contribution is 2.09. The summed E-state index contributed by atoms with van der Waals surface area (Å²) in [4.78, 5) is 22.7. The van der Waals surface area contributed by atoms with E-state index >= 15 is 0 Å². The molecule has 0 bridgehead atoms. The zero-order valence-corrected chi connectivity index (χ0v) is 10.4. The molecular formula is C14H17NO3. The minimum atomic E-state index is -0.394. The fraction of sp³-hybridized carbons (Fsp3) is 0.286. The normalized spacial score (nSPS) is 9.61. The Bertz CT molecular complexity index is 423. The Morgan fingerprint density at radius 1 is 1.28 bits per heavy atom. The van der Waals surface area contributed by atoms with E-state index in [4.69, 9.17) is 4.74 Å². The topological polar surface area (TPSA) is 55.4 Å². The first-order valence-electron chi connectivity index (χ1n) is 5.75. The van der Waals surface area contributed by atoms with Crippen LogP contribution in [0.15, 0.2) is 36.9 Å². The van der Waals surface area contributed by atoms with Gasteiger partial charge >= 0.3 is 5.97 Å². The summed E-state index contributed by atoms with van der Waals surface area (Å²) in [5, 5.41) is 2.71. The summed E-state index contributed by atoms with van der Waals surface area (Å²) in [6.07, 6.45) is 1.68. The number of rotatable bonds is 6. The molecule has 96 valence electrons. The number of esters is 1. The molecule has 0 aliphatic rings. The third kappa shape index (κ3) is 5.30. The van der Waals surface area contributed by atoms with Gasteiger partial charge in [0, 0.05) is 12.1 Å². The molecule has 1 aromatic carbocycles. The quantitative estimate of drug-likeness (QED) is 0.620. The van der Waals surface area contributed by atoms with Gasteiger partial charge in [-0.2, -0.15) is 0 Å². The molecule has 0 radical (unpaired) electrons. The van der Waals surface area contributed by atoms with Gasteiger partial charge in [0.1, 0.15) is 6.61 Å². The maximum absolute atomic E-state index is 11.5. The van der Waals surface area contributed by atoms with Crippen molar-refractivity contribution in [3.63, 3.8) is 0 Å². The monoisotopic (exact) mass is 247 g/mol. The summed E-state index contributed by atoms with van der Waals surface area (Å²) in [7, 11) is 0. The summed E-state index contributed by atoms with van der Waals surface area (Å²) in [5.74, 6) is -0.594. The second-order valence-corrected chi connectivity index (χ2v) is 3.89. The molecule has 4 nitrogen and oxygen atoms in total. The van der Waals surface area contributed by atoms with Crippen LogP contribution in [0.1, 0.15) is 18.4 Å². The molecule has 0 heterocycles. The number of amides is 1. The number of anilines is 1. The fourth-order valence-corrected chi connectivity index (χ4v) is 1.30. The average Bonchev–Trinajstić information content (AvgIpc) is 2.36. The smallest absolute Gasteiger partial charge is 0.306 e. The largest absolute Gasteiger partial charge is 0.461 e. The van der Waals surface area contributed by atoms with Crippen molar-refractivity contribution < 1.29 is 14.3 Å². The Hall–Kier alpha value is -2.10. The van der Waals surface area contributed by atoms with Crippen LogP contribution in [0.3, 0.4) is 0 Å². The van der Waals surface area contributed by atoms with E-state index in [9.17, 15) is 9.59 Å². The lowest BCUT2D eigenvalue weighted by Crippen LogP contribution is -2.14. The number of ether oxygens (including phenoxy) is 1. The van der Waals surface area contributed by atoms with Gasteiger partial charge in [-0.05, 0) is 19.1 Å². The van der Waals surface area contributed by atoms with Gasteiger partial charge in [0.15, 0.2) is 0 Å². The molecular weight excluding hydrogens is 230 g/mol. The molecule has 18 heavy (non-hydrogen) atoms. The van der Waals surface area contributed by atoms with Crippen molar-refractivity contribution in [1.29, 1.82) is 0 Å². The molecule has 1 rings (SSSR count). The Kier molecular flexibility index (Phi) is 5.64. The van der Waals surface area contributed by atoms with Crippen LogP contribution in [-0.2, 0) is 14.3 Å². The van der Waals surface area contributed by atoms with Gasteiger partial charge in [0.25, 0.3) is 0 Å². The van der Waals surface area contributed by atoms with Crippen LogP contribution in [0.4, 0.5) is 5.69 Å².